The van der Waals surface area contributed by atoms with Gasteiger partial charge < -0.3 is 19.9 Å². The van der Waals surface area contributed by atoms with Gasteiger partial charge in [-0.1, -0.05) is 31.4 Å². The monoisotopic (exact) mass is 491 g/mol. The summed E-state index contributed by atoms with van der Waals surface area (Å²) in [6.45, 7) is 1.60. The van der Waals surface area contributed by atoms with E-state index in [-0.39, 0.29) is 30.0 Å². The lowest BCUT2D eigenvalue weighted by molar-refractivity contribution is -0.124. The van der Waals surface area contributed by atoms with Crippen LogP contribution in [0.3, 0.4) is 0 Å². The van der Waals surface area contributed by atoms with Gasteiger partial charge in [-0.15, -0.1) is 0 Å². The highest BCUT2D eigenvalue weighted by Crippen LogP contribution is 2.31. The molecule has 2 aromatic carbocycles. The SMILES string of the molecule is COc1cc(C=C2C(=O)N(c3cccc(C(=O)O)c3)N=C2C)ccc1OCC(=O)NC1CCCCC1. The van der Waals surface area contributed by atoms with Crippen molar-refractivity contribution in [1.82, 2.24) is 5.32 Å². The van der Waals surface area contributed by atoms with Gasteiger partial charge in [-0.2, -0.15) is 10.1 Å². The summed E-state index contributed by atoms with van der Waals surface area (Å²) in [4.78, 5) is 36.6. The van der Waals surface area contributed by atoms with E-state index < -0.39 is 5.97 Å². The molecule has 36 heavy (non-hydrogen) atoms. The highest BCUT2D eigenvalue weighted by Gasteiger charge is 2.29. The van der Waals surface area contributed by atoms with Gasteiger partial charge in [-0.05, 0) is 61.7 Å². The van der Waals surface area contributed by atoms with Crippen molar-refractivity contribution in [1.29, 1.82) is 0 Å². The van der Waals surface area contributed by atoms with Crippen LogP contribution in [-0.4, -0.2) is 48.4 Å². The van der Waals surface area contributed by atoms with Crippen LogP contribution in [0.25, 0.3) is 6.08 Å². The molecule has 0 saturated heterocycles. The zero-order valence-corrected chi connectivity index (χ0v) is 20.3. The normalized spacial score (nSPS) is 17.2. The van der Waals surface area contributed by atoms with Crippen molar-refractivity contribution in [3.8, 4) is 11.5 Å². The van der Waals surface area contributed by atoms with E-state index in [1.807, 2.05) is 0 Å². The van der Waals surface area contributed by atoms with Gasteiger partial charge in [-0.25, -0.2) is 4.79 Å². The van der Waals surface area contributed by atoms with Crippen molar-refractivity contribution in [3.63, 3.8) is 0 Å². The molecule has 0 aromatic heterocycles. The molecule has 1 aliphatic heterocycles. The summed E-state index contributed by atoms with van der Waals surface area (Å²) < 4.78 is 11.1. The Labute approximate surface area is 209 Å². The molecule has 0 radical (unpaired) electrons. The van der Waals surface area contributed by atoms with Gasteiger partial charge in [0.05, 0.1) is 29.6 Å². The molecule has 4 rings (SSSR count). The number of amides is 2. The van der Waals surface area contributed by atoms with E-state index in [9.17, 15) is 19.5 Å². The number of nitrogens with zero attached hydrogens (tertiary/aromatic N) is 2. The lowest BCUT2D eigenvalue weighted by Gasteiger charge is -2.22. The zero-order chi connectivity index (χ0) is 25.7. The first-order valence-corrected chi connectivity index (χ1v) is 11.9. The summed E-state index contributed by atoms with van der Waals surface area (Å²) in [6.07, 6.45) is 7.18. The molecule has 2 aromatic rings. The number of carboxylic acid groups (broad SMARTS) is 1. The maximum Gasteiger partial charge on any atom is 0.335 e. The number of hydrazone groups is 1. The van der Waals surface area contributed by atoms with Crippen molar-refractivity contribution in [3.05, 3.63) is 59.2 Å². The standard InChI is InChI=1S/C27H29N3O6/c1-17-22(26(32)30(29-17)21-10-6-7-19(15-21)27(33)34)13-18-11-12-23(24(14-18)35-2)36-16-25(31)28-20-8-4-3-5-9-20/h6-7,10-15,20H,3-5,8-9,16H2,1-2H3,(H,28,31)(H,33,34). The molecule has 2 amide bonds. The molecular weight excluding hydrogens is 462 g/mol. The van der Waals surface area contributed by atoms with Crippen LogP contribution in [-0.2, 0) is 9.59 Å². The first-order chi connectivity index (χ1) is 17.4. The molecule has 1 saturated carbocycles. The number of rotatable bonds is 8. The molecule has 0 unspecified atom stereocenters. The predicted octanol–water partition coefficient (Wildman–Crippen LogP) is 4.03. The van der Waals surface area contributed by atoms with Crippen molar-refractivity contribution in [2.45, 2.75) is 45.1 Å². The van der Waals surface area contributed by atoms with E-state index in [2.05, 4.69) is 10.4 Å². The third-order valence-corrected chi connectivity index (χ3v) is 6.23. The molecule has 0 spiro atoms. The van der Waals surface area contributed by atoms with Crippen molar-refractivity contribution in [2.75, 3.05) is 18.7 Å². The summed E-state index contributed by atoms with van der Waals surface area (Å²) in [5, 5.41) is 17.8. The third-order valence-electron chi connectivity index (χ3n) is 6.23. The topological polar surface area (TPSA) is 118 Å². The minimum absolute atomic E-state index is 0.0679. The highest BCUT2D eigenvalue weighted by atomic mass is 16.5. The quantitative estimate of drug-likeness (QED) is 0.539. The number of carbonyl (C=O) groups is 3. The van der Waals surface area contributed by atoms with E-state index in [4.69, 9.17) is 9.47 Å². The summed E-state index contributed by atoms with van der Waals surface area (Å²) in [5.74, 6) is -0.755. The Bertz CT molecular complexity index is 1230. The Morgan fingerprint density at radius 2 is 1.92 bits per heavy atom. The smallest absolute Gasteiger partial charge is 0.335 e. The predicted molar refractivity (Wildman–Crippen MR) is 135 cm³/mol. The number of nitrogens with one attached hydrogen (secondary N) is 1. The van der Waals surface area contributed by atoms with E-state index in [0.29, 0.717) is 34.0 Å². The molecular formula is C27H29N3O6. The number of anilines is 1. The number of benzene rings is 2. The molecule has 9 nitrogen and oxygen atoms in total. The van der Waals surface area contributed by atoms with Crippen LogP contribution in [0.2, 0.25) is 0 Å². The number of carboxylic acids is 1. The molecule has 0 atom stereocenters. The third kappa shape index (κ3) is 5.73. The van der Waals surface area contributed by atoms with Gasteiger partial charge >= 0.3 is 5.97 Å². The Morgan fingerprint density at radius 3 is 2.64 bits per heavy atom. The summed E-state index contributed by atoms with van der Waals surface area (Å²) in [6, 6.07) is 11.4. The largest absolute Gasteiger partial charge is 0.493 e. The summed E-state index contributed by atoms with van der Waals surface area (Å²) in [5.41, 5.74) is 2.00. The number of aromatic carboxylic acids is 1. The Hall–Kier alpha value is -4.14. The molecule has 1 aliphatic carbocycles. The van der Waals surface area contributed by atoms with Crippen LogP contribution in [0.5, 0.6) is 11.5 Å². The van der Waals surface area contributed by atoms with Gasteiger partial charge in [0.1, 0.15) is 0 Å². The summed E-state index contributed by atoms with van der Waals surface area (Å²) in [7, 11) is 1.51. The van der Waals surface area contributed by atoms with Crippen LogP contribution in [0.1, 0.15) is 54.9 Å². The van der Waals surface area contributed by atoms with E-state index in [0.717, 1.165) is 25.7 Å². The molecule has 1 heterocycles. The first kappa shape index (κ1) is 25.0. The van der Waals surface area contributed by atoms with Crippen LogP contribution < -0.4 is 19.8 Å². The molecule has 0 bridgehead atoms. The molecule has 2 N–H and O–H groups in total. The minimum atomic E-state index is -1.08. The first-order valence-electron chi connectivity index (χ1n) is 11.9. The maximum absolute atomic E-state index is 13.1. The Kier molecular flexibility index (Phi) is 7.68. The number of hydrogen-bond donors (Lipinski definition) is 2. The highest BCUT2D eigenvalue weighted by molar-refractivity contribution is 6.32. The van der Waals surface area contributed by atoms with Crippen molar-refractivity contribution < 1.29 is 29.0 Å². The fourth-order valence-corrected chi connectivity index (χ4v) is 4.35. The average molecular weight is 492 g/mol. The fraction of sp³-hybridized carbons (Fsp3) is 0.333. The average Bonchev–Trinajstić information content (AvgIpc) is 3.16. The van der Waals surface area contributed by atoms with Crippen LogP contribution >= 0.6 is 0 Å². The van der Waals surface area contributed by atoms with Gasteiger partial charge in [0, 0.05) is 6.04 Å². The number of hydrogen-bond acceptors (Lipinski definition) is 6. The lowest BCUT2D eigenvalue weighted by Crippen LogP contribution is -2.39. The van der Waals surface area contributed by atoms with Gasteiger partial charge in [0.2, 0.25) is 0 Å². The van der Waals surface area contributed by atoms with Gasteiger partial charge in [-0.3, -0.25) is 9.59 Å². The maximum atomic E-state index is 13.1. The Balaban J connectivity index is 1.45. The van der Waals surface area contributed by atoms with Gasteiger partial charge in [0.15, 0.2) is 18.1 Å². The van der Waals surface area contributed by atoms with Gasteiger partial charge in [0.25, 0.3) is 11.8 Å². The van der Waals surface area contributed by atoms with E-state index in [1.165, 1.54) is 30.7 Å². The fourth-order valence-electron chi connectivity index (χ4n) is 4.35. The van der Waals surface area contributed by atoms with Crippen LogP contribution in [0, 0.1) is 0 Å². The second kappa shape index (κ2) is 11.1. The second-order valence-corrected chi connectivity index (χ2v) is 8.82. The number of methoxy groups -OCH3 is 1. The van der Waals surface area contributed by atoms with E-state index in [1.54, 1.807) is 43.3 Å². The summed E-state index contributed by atoms with van der Waals surface area (Å²) >= 11 is 0. The van der Waals surface area contributed by atoms with Crippen LogP contribution in [0.15, 0.2) is 53.1 Å². The minimum Gasteiger partial charge on any atom is -0.493 e. The number of carbonyl (C=O) groups excluding carboxylic acids is 2. The number of ether oxygens (including phenoxy) is 2. The lowest BCUT2D eigenvalue weighted by atomic mass is 9.95. The van der Waals surface area contributed by atoms with Crippen molar-refractivity contribution in [2.24, 2.45) is 5.10 Å². The second-order valence-electron chi connectivity index (χ2n) is 8.82. The van der Waals surface area contributed by atoms with Crippen LogP contribution in [0.4, 0.5) is 5.69 Å². The van der Waals surface area contributed by atoms with Crippen molar-refractivity contribution >= 4 is 35.3 Å². The zero-order valence-electron chi connectivity index (χ0n) is 20.3. The Morgan fingerprint density at radius 1 is 1.14 bits per heavy atom. The molecule has 1 fully saturated rings. The van der Waals surface area contributed by atoms with E-state index >= 15 is 0 Å². The molecule has 9 heteroatoms. The molecule has 2 aliphatic rings. The molecule has 188 valence electrons.